The maximum absolute atomic E-state index is 12.4. The van der Waals surface area contributed by atoms with Gasteiger partial charge in [0.15, 0.2) is 0 Å². The summed E-state index contributed by atoms with van der Waals surface area (Å²) in [5.41, 5.74) is 0. The normalized spacial score (nSPS) is 26.2. The average Bonchev–Trinajstić information content (AvgIpc) is 3.01. The third-order valence-corrected chi connectivity index (χ3v) is 5.72. The van der Waals surface area contributed by atoms with Crippen LogP contribution in [0.25, 0.3) is 0 Å². The van der Waals surface area contributed by atoms with Gasteiger partial charge in [-0.25, -0.2) is 4.79 Å². The van der Waals surface area contributed by atoms with Crippen LogP contribution in [0.15, 0.2) is 0 Å². The number of rotatable bonds is 8. The summed E-state index contributed by atoms with van der Waals surface area (Å²) < 4.78 is 0. The Labute approximate surface area is 166 Å². The highest BCUT2D eigenvalue weighted by Crippen LogP contribution is 2.31. The molecule has 8 heteroatoms. The van der Waals surface area contributed by atoms with Crippen LogP contribution in [-0.4, -0.2) is 58.9 Å². The zero-order valence-electron chi connectivity index (χ0n) is 17.1. The van der Waals surface area contributed by atoms with E-state index in [9.17, 15) is 24.3 Å². The molecule has 158 valence electrons. The van der Waals surface area contributed by atoms with Gasteiger partial charge in [0.05, 0.1) is 12.5 Å². The molecule has 8 nitrogen and oxygen atoms in total. The predicted octanol–water partition coefficient (Wildman–Crippen LogP) is 1.15. The lowest BCUT2D eigenvalue weighted by Gasteiger charge is -2.33. The van der Waals surface area contributed by atoms with Crippen LogP contribution in [0.5, 0.6) is 0 Å². The summed E-state index contributed by atoms with van der Waals surface area (Å²) in [5.74, 6) is -1.59. The molecule has 0 aromatic carbocycles. The Morgan fingerprint density at radius 3 is 2.39 bits per heavy atom. The van der Waals surface area contributed by atoms with Crippen molar-refractivity contribution >= 4 is 23.7 Å². The maximum atomic E-state index is 12.4. The van der Waals surface area contributed by atoms with Gasteiger partial charge in [0.25, 0.3) is 0 Å². The Kier molecular flexibility index (Phi) is 7.83. The van der Waals surface area contributed by atoms with Gasteiger partial charge in [0.1, 0.15) is 6.04 Å². The molecule has 1 aliphatic carbocycles. The van der Waals surface area contributed by atoms with E-state index in [1.165, 1.54) is 0 Å². The summed E-state index contributed by atoms with van der Waals surface area (Å²) in [5, 5.41) is 14.2. The van der Waals surface area contributed by atoms with Gasteiger partial charge in [-0.15, -0.1) is 0 Å². The van der Waals surface area contributed by atoms with E-state index < -0.39 is 23.8 Å². The van der Waals surface area contributed by atoms with Crippen LogP contribution in [0, 0.1) is 17.8 Å². The SMILES string of the molecule is CC(C)C[C@H](NC(=O)CNC(=O)C1CC(=O)N(C2CCC(C)CC2)C1)C(=O)O. The molecular formula is C20H33N3O5. The van der Waals surface area contributed by atoms with Gasteiger partial charge < -0.3 is 20.6 Å². The predicted molar refractivity (Wildman–Crippen MR) is 103 cm³/mol. The molecule has 1 heterocycles. The molecule has 2 rings (SSSR count). The lowest BCUT2D eigenvalue weighted by molar-refractivity contribution is -0.142. The Morgan fingerprint density at radius 2 is 1.82 bits per heavy atom. The second kappa shape index (κ2) is 9.89. The summed E-state index contributed by atoms with van der Waals surface area (Å²) in [4.78, 5) is 49.8. The first kappa shape index (κ1) is 22.2. The van der Waals surface area contributed by atoms with Crippen molar-refractivity contribution in [2.75, 3.05) is 13.1 Å². The number of nitrogens with zero attached hydrogens (tertiary/aromatic N) is 1. The second-order valence-corrected chi connectivity index (χ2v) is 8.67. The fourth-order valence-electron chi connectivity index (χ4n) is 4.06. The largest absolute Gasteiger partial charge is 0.480 e. The van der Waals surface area contributed by atoms with Crippen LogP contribution in [0.4, 0.5) is 0 Å². The summed E-state index contributed by atoms with van der Waals surface area (Å²) in [6.45, 7) is 6.08. The van der Waals surface area contributed by atoms with E-state index in [0.717, 1.165) is 25.7 Å². The van der Waals surface area contributed by atoms with E-state index in [1.54, 1.807) is 0 Å². The highest BCUT2D eigenvalue weighted by Gasteiger charge is 2.38. The maximum Gasteiger partial charge on any atom is 0.326 e. The first-order chi connectivity index (χ1) is 13.2. The molecule has 3 amide bonds. The number of hydrogen-bond donors (Lipinski definition) is 3. The Hall–Kier alpha value is -2.12. The van der Waals surface area contributed by atoms with Gasteiger partial charge in [-0.3, -0.25) is 14.4 Å². The van der Waals surface area contributed by atoms with E-state index in [-0.39, 0.29) is 36.7 Å². The fraction of sp³-hybridized carbons (Fsp3) is 0.800. The number of carbonyl (C=O) groups is 4. The lowest BCUT2D eigenvalue weighted by Crippen LogP contribution is -2.47. The molecule has 1 saturated heterocycles. The molecule has 0 bridgehead atoms. The van der Waals surface area contributed by atoms with Crippen molar-refractivity contribution in [3.8, 4) is 0 Å². The van der Waals surface area contributed by atoms with Gasteiger partial charge in [0, 0.05) is 19.0 Å². The van der Waals surface area contributed by atoms with Crippen molar-refractivity contribution < 1.29 is 24.3 Å². The van der Waals surface area contributed by atoms with Crippen LogP contribution >= 0.6 is 0 Å². The molecular weight excluding hydrogens is 362 g/mol. The Balaban J connectivity index is 1.79. The smallest absolute Gasteiger partial charge is 0.326 e. The molecule has 3 N–H and O–H groups in total. The Morgan fingerprint density at radius 1 is 1.18 bits per heavy atom. The second-order valence-electron chi connectivity index (χ2n) is 8.67. The molecule has 0 radical (unpaired) electrons. The molecule has 1 saturated carbocycles. The van der Waals surface area contributed by atoms with E-state index in [0.29, 0.717) is 18.9 Å². The minimum absolute atomic E-state index is 0.00651. The third-order valence-electron chi connectivity index (χ3n) is 5.72. The number of aliphatic carboxylic acids is 1. The molecule has 2 aliphatic rings. The third kappa shape index (κ3) is 6.21. The molecule has 0 aromatic heterocycles. The zero-order chi connectivity index (χ0) is 20.8. The summed E-state index contributed by atoms with van der Waals surface area (Å²) in [6.07, 6.45) is 4.66. The highest BCUT2D eigenvalue weighted by molar-refractivity contribution is 5.92. The Bertz CT molecular complexity index is 599. The first-order valence-electron chi connectivity index (χ1n) is 10.3. The van der Waals surface area contributed by atoms with Crippen molar-refractivity contribution in [3.05, 3.63) is 0 Å². The fourth-order valence-corrected chi connectivity index (χ4v) is 4.06. The van der Waals surface area contributed by atoms with E-state index in [2.05, 4.69) is 17.6 Å². The first-order valence-corrected chi connectivity index (χ1v) is 10.3. The van der Waals surface area contributed by atoms with Crippen LogP contribution in [-0.2, 0) is 19.2 Å². The minimum atomic E-state index is -1.09. The average molecular weight is 396 g/mol. The van der Waals surface area contributed by atoms with Crippen LogP contribution in [0.2, 0.25) is 0 Å². The molecule has 0 aromatic rings. The number of carbonyl (C=O) groups excluding carboxylic acids is 3. The summed E-state index contributed by atoms with van der Waals surface area (Å²) >= 11 is 0. The van der Waals surface area contributed by atoms with E-state index in [4.69, 9.17) is 0 Å². The highest BCUT2D eigenvalue weighted by atomic mass is 16.4. The van der Waals surface area contributed by atoms with Crippen LogP contribution in [0.1, 0.15) is 59.3 Å². The summed E-state index contributed by atoms with van der Waals surface area (Å²) in [7, 11) is 0. The molecule has 0 spiro atoms. The van der Waals surface area contributed by atoms with Gasteiger partial charge >= 0.3 is 5.97 Å². The van der Waals surface area contributed by atoms with Crippen molar-refractivity contribution in [1.29, 1.82) is 0 Å². The molecule has 2 fully saturated rings. The molecule has 1 unspecified atom stereocenters. The van der Waals surface area contributed by atoms with Gasteiger partial charge in [-0.1, -0.05) is 20.8 Å². The van der Waals surface area contributed by atoms with E-state index >= 15 is 0 Å². The monoisotopic (exact) mass is 395 g/mol. The van der Waals surface area contributed by atoms with Crippen molar-refractivity contribution in [1.82, 2.24) is 15.5 Å². The number of amides is 3. The van der Waals surface area contributed by atoms with Crippen LogP contribution in [0.3, 0.4) is 0 Å². The number of likely N-dealkylation sites (tertiary alicyclic amines) is 1. The van der Waals surface area contributed by atoms with E-state index in [1.807, 2.05) is 18.7 Å². The van der Waals surface area contributed by atoms with Crippen LogP contribution < -0.4 is 10.6 Å². The van der Waals surface area contributed by atoms with Gasteiger partial charge in [0.2, 0.25) is 17.7 Å². The molecule has 1 aliphatic heterocycles. The standard InChI is InChI=1S/C20H33N3O5/c1-12(2)8-16(20(27)28)22-17(24)10-21-19(26)14-9-18(25)23(11-14)15-6-4-13(3)5-7-15/h12-16H,4-11H2,1-3H3,(H,21,26)(H,22,24)(H,27,28)/t13?,14?,15?,16-/m0/s1. The van der Waals surface area contributed by atoms with Crippen molar-refractivity contribution in [2.24, 2.45) is 17.8 Å². The van der Waals surface area contributed by atoms with Gasteiger partial charge in [-0.2, -0.15) is 0 Å². The van der Waals surface area contributed by atoms with Crippen molar-refractivity contribution in [3.63, 3.8) is 0 Å². The van der Waals surface area contributed by atoms with Gasteiger partial charge in [-0.05, 0) is 43.9 Å². The lowest BCUT2D eigenvalue weighted by atomic mass is 9.87. The van der Waals surface area contributed by atoms with Crippen molar-refractivity contribution in [2.45, 2.75) is 71.4 Å². The molecule has 2 atom stereocenters. The number of hydrogen-bond acceptors (Lipinski definition) is 4. The topological polar surface area (TPSA) is 116 Å². The number of nitrogens with one attached hydrogen (secondary N) is 2. The quantitative estimate of drug-likeness (QED) is 0.570. The number of carboxylic acid groups (broad SMARTS) is 1. The summed E-state index contributed by atoms with van der Waals surface area (Å²) in [6, 6.07) is -0.751. The zero-order valence-corrected chi connectivity index (χ0v) is 17.1. The molecule has 28 heavy (non-hydrogen) atoms. The number of carboxylic acids is 1. The minimum Gasteiger partial charge on any atom is -0.480 e.